The average molecular weight is 352 g/mol. The Morgan fingerprint density at radius 1 is 1.24 bits per heavy atom. The lowest BCUT2D eigenvalue weighted by atomic mass is 10.1. The van der Waals surface area contributed by atoms with E-state index in [0.717, 1.165) is 19.0 Å². The summed E-state index contributed by atoms with van der Waals surface area (Å²) >= 11 is 3.73. The van der Waals surface area contributed by atoms with Crippen molar-refractivity contribution >= 4 is 21.6 Å². The van der Waals surface area contributed by atoms with E-state index in [4.69, 9.17) is 0 Å². The van der Waals surface area contributed by atoms with Crippen molar-refractivity contribution in [2.24, 2.45) is 5.92 Å². The molecule has 1 aliphatic heterocycles. The van der Waals surface area contributed by atoms with Gasteiger partial charge in [0.25, 0.3) is 0 Å². The molecule has 0 bridgehead atoms. The number of hydrogen-bond acceptors (Lipinski definition) is 3. The quantitative estimate of drug-likeness (QED) is 0.878. The van der Waals surface area contributed by atoms with Crippen LogP contribution in [0.15, 0.2) is 22.7 Å². The van der Waals surface area contributed by atoms with Crippen LogP contribution < -0.4 is 10.2 Å². The van der Waals surface area contributed by atoms with Crippen molar-refractivity contribution in [1.29, 1.82) is 0 Å². The molecule has 4 heteroatoms. The Bertz CT molecular complexity index is 479. The van der Waals surface area contributed by atoms with Crippen molar-refractivity contribution in [3.8, 4) is 0 Å². The fourth-order valence-corrected chi connectivity index (χ4v) is 3.78. The van der Waals surface area contributed by atoms with Crippen LogP contribution in [0.3, 0.4) is 0 Å². The molecular weight excluding hydrogens is 326 g/mol. The fourth-order valence-electron chi connectivity index (χ4n) is 3.07. The second-order valence-electron chi connectivity index (χ2n) is 6.45. The SMILES string of the molecule is CNC(C)c1ccc(N2CCN(CC3CC3)CC2)cc1Br. The molecule has 2 fully saturated rings. The molecule has 3 nitrogen and oxygen atoms in total. The molecule has 1 saturated heterocycles. The minimum atomic E-state index is 0.379. The molecule has 1 atom stereocenters. The number of hydrogen-bond donors (Lipinski definition) is 1. The van der Waals surface area contributed by atoms with E-state index in [0.29, 0.717) is 6.04 Å². The van der Waals surface area contributed by atoms with Gasteiger partial charge in [0.05, 0.1) is 0 Å². The summed E-state index contributed by atoms with van der Waals surface area (Å²) in [5, 5.41) is 3.30. The van der Waals surface area contributed by atoms with Crippen molar-refractivity contribution < 1.29 is 0 Å². The van der Waals surface area contributed by atoms with Crippen LogP contribution in [-0.2, 0) is 0 Å². The van der Waals surface area contributed by atoms with Crippen LogP contribution in [0.25, 0.3) is 0 Å². The van der Waals surface area contributed by atoms with Crippen molar-refractivity contribution in [3.05, 3.63) is 28.2 Å². The molecule has 0 aromatic heterocycles. The Morgan fingerprint density at radius 2 is 1.95 bits per heavy atom. The zero-order valence-electron chi connectivity index (χ0n) is 13.1. The van der Waals surface area contributed by atoms with Gasteiger partial charge in [0, 0.05) is 48.9 Å². The lowest BCUT2D eigenvalue weighted by Gasteiger charge is -2.36. The first-order valence-corrected chi connectivity index (χ1v) is 8.90. The van der Waals surface area contributed by atoms with Gasteiger partial charge < -0.3 is 10.2 Å². The molecular formula is C17H26BrN3. The predicted molar refractivity (Wildman–Crippen MR) is 93.0 cm³/mol. The highest BCUT2D eigenvalue weighted by Crippen LogP contribution is 2.31. The molecule has 1 aliphatic carbocycles. The fraction of sp³-hybridized carbons (Fsp3) is 0.647. The van der Waals surface area contributed by atoms with Crippen LogP contribution in [0.5, 0.6) is 0 Å². The maximum Gasteiger partial charge on any atom is 0.0378 e. The molecule has 1 saturated carbocycles. The maximum atomic E-state index is 3.73. The standard InChI is InChI=1S/C17H26BrN3/c1-13(19-2)16-6-5-15(11-17(16)18)21-9-7-20(8-10-21)12-14-3-4-14/h5-6,11,13-14,19H,3-4,7-10,12H2,1-2H3. The monoisotopic (exact) mass is 351 g/mol. The first-order valence-electron chi connectivity index (χ1n) is 8.11. The molecule has 1 heterocycles. The summed E-state index contributed by atoms with van der Waals surface area (Å²) in [6.07, 6.45) is 2.91. The molecule has 116 valence electrons. The van der Waals surface area contributed by atoms with Crippen molar-refractivity contribution in [1.82, 2.24) is 10.2 Å². The lowest BCUT2D eigenvalue weighted by molar-refractivity contribution is 0.248. The third-order valence-corrected chi connectivity index (χ3v) is 5.52. The van der Waals surface area contributed by atoms with E-state index in [9.17, 15) is 0 Å². The summed E-state index contributed by atoms with van der Waals surface area (Å²) in [5.74, 6) is 1.01. The van der Waals surface area contributed by atoms with Gasteiger partial charge in [-0.1, -0.05) is 22.0 Å². The summed E-state index contributed by atoms with van der Waals surface area (Å²) < 4.78 is 1.21. The third-order valence-electron chi connectivity index (χ3n) is 4.83. The van der Waals surface area contributed by atoms with E-state index in [1.165, 1.54) is 48.2 Å². The third kappa shape index (κ3) is 3.79. The number of nitrogens with one attached hydrogen (secondary N) is 1. The number of nitrogens with zero attached hydrogens (tertiary/aromatic N) is 2. The molecule has 3 rings (SSSR count). The second-order valence-corrected chi connectivity index (χ2v) is 7.30. The first-order chi connectivity index (χ1) is 10.2. The van der Waals surface area contributed by atoms with E-state index >= 15 is 0 Å². The molecule has 0 amide bonds. The van der Waals surface area contributed by atoms with E-state index in [2.05, 4.69) is 56.2 Å². The van der Waals surface area contributed by atoms with Gasteiger partial charge in [0.15, 0.2) is 0 Å². The topological polar surface area (TPSA) is 18.5 Å². The van der Waals surface area contributed by atoms with Crippen LogP contribution in [0.2, 0.25) is 0 Å². The number of anilines is 1. The summed E-state index contributed by atoms with van der Waals surface area (Å²) in [6, 6.07) is 7.17. The normalized spacial score (nSPS) is 21.6. The zero-order valence-corrected chi connectivity index (χ0v) is 14.7. The van der Waals surface area contributed by atoms with Crippen molar-refractivity contribution in [2.45, 2.75) is 25.8 Å². The van der Waals surface area contributed by atoms with Gasteiger partial charge in [-0.15, -0.1) is 0 Å². The molecule has 0 radical (unpaired) electrons. The molecule has 21 heavy (non-hydrogen) atoms. The molecule has 1 aromatic carbocycles. The van der Waals surface area contributed by atoms with Gasteiger partial charge >= 0.3 is 0 Å². The number of rotatable bonds is 5. The van der Waals surface area contributed by atoms with Crippen LogP contribution in [0, 0.1) is 5.92 Å². The first kappa shape index (κ1) is 15.3. The molecule has 1 N–H and O–H groups in total. The molecule has 0 spiro atoms. The summed E-state index contributed by atoms with van der Waals surface area (Å²) in [6.45, 7) is 8.25. The summed E-state index contributed by atoms with van der Waals surface area (Å²) in [4.78, 5) is 5.16. The van der Waals surface area contributed by atoms with Crippen LogP contribution in [0.4, 0.5) is 5.69 Å². The van der Waals surface area contributed by atoms with E-state index in [1.807, 2.05) is 7.05 Å². The Balaban J connectivity index is 1.60. The van der Waals surface area contributed by atoms with Crippen molar-refractivity contribution in [2.75, 3.05) is 44.7 Å². The van der Waals surface area contributed by atoms with E-state index in [1.54, 1.807) is 0 Å². The van der Waals surface area contributed by atoms with E-state index < -0.39 is 0 Å². The zero-order chi connectivity index (χ0) is 14.8. The molecule has 1 aromatic rings. The Hall–Kier alpha value is -0.580. The predicted octanol–water partition coefficient (Wildman–Crippen LogP) is 3.26. The van der Waals surface area contributed by atoms with Gasteiger partial charge in [-0.25, -0.2) is 0 Å². The van der Waals surface area contributed by atoms with Crippen LogP contribution in [0.1, 0.15) is 31.4 Å². The van der Waals surface area contributed by atoms with Gasteiger partial charge in [-0.05, 0) is 50.4 Å². The maximum absolute atomic E-state index is 3.73. The van der Waals surface area contributed by atoms with Crippen LogP contribution in [-0.4, -0.2) is 44.7 Å². The minimum Gasteiger partial charge on any atom is -0.369 e. The van der Waals surface area contributed by atoms with Gasteiger partial charge in [0.1, 0.15) is 0 Å². The highest BCUT2D eigenvalue weighted by atomic mass is 79.9. The Morgan fingerprint density at radius 3 is 2.52 bits per heavy atom. The highest BCUT2D eigenvalue weighted by molar-refractivity contribution is 9.10. The largest absolute Gasteiger partial charge is 0.369 e. The highest BCUT2D eigenvalue weighted by Gasteiger charge is 2.26. The van der Waals surface area contributed by atoms with Gasteiger partial charge in [-0.3, -0.25) is 4.90 Å². The molecule has 2 aliphatic rings. The molecule has 1 unspecified atom stereocenters. The van der Waals surface area contributed by atoms with E-state index in [-0.39, 0.29) is 0 Å². The second kappa shape index (κ2) is 6.67. The Labute approximate surface area is 136 Å². The smallest absolute Gasteiger partial charge is 0.0378 e. The van der Waals surface area contributed by atoms with Crippen molar-refractivity contribution in [3.63, 3.8) is 0 Å². The lowest BCUT2D eigenvalue weighted by Crippen LogP contribution is -2.47. The number of piperazine rings is 1. The van der Waals surface area contributed by atoms with Crippen LogP contribution >= 0.6 is 15.9 Å². The average Bonchev–Trinajstić information content (AvgIpc) is 3.31. The number of halogens is 1. The minimum absolute atomic E-state index is 0.379. The van der Waals surface area contributed by atoms with Gasteiger partial charge in [0.2, 0.25) is 0 Å². The Kier molecular flexibility index (Phi) is 4.87. The summed E-state index contributed by atoms with van der Waals surface area (Å²) in [5.41, 5.74) is 2.67. The summed E-state index contributed by atoms with van der Waals surface area (Å²) in [7, 11) is 2.00. The van der Waals surface area contributed by atoms with Gasteiger partial charge in [-0.2, -0.15) is 0 Å². The number of benzene rings is 1.